The van der Waals surface area contributed by atoms with Crippen LogP contribution >= 0.6 is 22.9 Å². The van der Waals surface area contributed by atoms with E-state index in [0.29, 0.717) is 12.1 Å². The molecular formula is C10H20BCl2N. The highest BCUT2D eigenvalue weighted by Gasteiger charge is 2.31. The van der Waals surface area contributed by atoms with Gasteiger partial charge in [-0.05, 0) is 25.3 Å². The van der Waals surface area contributed by atoms with Gasteiger partial charge in [0.2, 0.25) is 0 Å². The predicted octanol–water partition coefficient (Wildman–Crippen LogP) is 3.88. The van der Waals surface area contributed by atoms with Crippen LogP contribution in [0.3, 0.4) is 0 Å². The highest BCUT2D eigenvalue weighted by molar-refractivity contribution is 7.32. The van der Waals surface area contributed by atoms with Gasteiger partial charge in [0.1, 0.15) is 0 Å². The van der Waals surface area contributed by atoms with Crippen LogP contribution in [-0.4, -0.2) is 22.6 Å². The number of nitrogens with zero attached hydrogens (tertiary/aromatic N) is 1. The average molecular weight is 236 g/mol. The maximum atomic E-state index is 6.04. The van der Waals surface area contributed by atoms with Crippen molar-refractivity contribution in [3.8, 4) is 0 Å². The molecule has 0 aromatic rings. The lowest BCUT2D eigenvalue weighted by Crippen LogP contribution is -2.47. The van der Waals surface area contributed by atoms with Crippen molar-refractivity contribution in [2.24, 2.45) is 0 Å². The third-order valence-electron chi connectivity index (χ3n) is 3.32. The van der Waals surface area contributed by atoms with Gasteiger partial charge in [-0.25, -0.2) is 0 Å². The Bertz CT molecular complexity index is 160. The average Bonchev–Trinajstić information content (AvgIpc) is 2.19. The lowest BCUT2D eigenvalue weighted by atomic mass is 9.90. The third-order valence-corrected chi connectivity index (χ3v) is 3.77. The zero-order valence-corrected chi connectivity index (χ0v) is 10.7. The van der Waals surface area contributed by atoms with Gasteiger partial charge in [-0.15, -0.1) is 22.9 Å². The molecule has 0 aromatic carbocycles. The molecule has 1 saturated carbocycles. The number of rotatable bonds is 4. The highest BCUT2D eigenvalue weighted by Crippen LogP contribution is 2.27. The summed E-state index contributed by atoms with van der Waals surface area (Å²) in [5, 5.41) is 0. The van der Waals surface area contributed by atoms with Crippen LogP contribution in [0.15, 0.2) is 0 Å². The van der Waals surface area contributed by atoms with Gasteiger partial charge < -0.3 is 4.81 Å². The fraction of sp³-hybridized carbons (Fsp3) is 1.00. The Balaban J connectivity index is 2.56. The van der Waals surface area contributed by atoms with Crippen molar-refractivity contribution >= 4 is 28.6 Å². The smallest absolute Gasteiger partial charge is 0.309 e. The Labute approximate surface area is 98.1 Å². The second-order valence-corrected chi connectivity index (χ2v) is 5.32. The number of halogens is 2. The largest absolute Gasteiger partial charge is 0.435 e. The van der Waals surface area contributed by atoms with Crippen molar-refractivity contribution in [1.82, 2.24) is 4.81 Å². The van der Waals surface area contributed by atoms with Crippen LogP contribution < -0.4 is 0 Å². The molecule has 0 spiro atoms. The van der Waals surface area contributed by atoms with Crippen LogP contribution in [-0.2, 0) is 0 Å². The molecule has 4 heteroatoms. The molecule has 82 valence electrons. The molecular weight excluding hydrogens is 216 g/mol. The summed E-state index contributed by atoms with van der Waals surface area (Å²) in [5.74, 6) is 0. The van der Waals surface area contributed by atoms with Gasteiger partial charge in [0, 0.05) is 6.04 Å². The first-order valence-corrected chi connectivity index (χ1v) is 6.59. The van der Waals surface area contributed by atoms with Gasteiger partial charge in [0.15, 0.2) is 0 Å². The van der Waals surface area contributed by atoms with E-state index < -0.39 is 0 Å². The predicted molar refractivity (Wildman–Crippen MR) is 65.9 cm³/mol. The van der Waals surface area contributed by atoms with Gasteiger partial charge in [0.25, 0.3) is 0 Å². The molecule has 1 nitrogen and oxygen atoms in total. The molecule has 1 aliphatic carbocycles. The van der Waals surface area contributed by atoms with E-state index >= 15 is 0 Å². The first kappa shape index (κ1) is 12.7. The lowest BCUT2D eigenvalue weighted by molar-refractivity contribution is 0.210. The first-order valence-electron chi connectivity index (χ1n) is 5.72. The normalized spacial score (nSPS) is 21.2. The lowest BCUT2D eigenvalue weighted by Gasteiger charge is -2.38. The van der Waals surface area contributed by atoms with E-state index in [4.69, 9.17) is 22.9 Å². The monoisotopic (exact) mass is 235 g/mol. The minimum Gasteiger partial charge on any atom is -0.309 e. The molecule has 0 aromatic heterocycles. The van der Waals surface area contributed by atoms with Crippen LogP contribution in [0, 0.1) is 0 Å². The van der Waals surface area contributed by atoms with E-state index in [1.807, 2.05) is 0 Å². The standard InChI is InChI=1S/C10H20BCl2N/c1-3-9(2)14(11(12)13)10-7-5-4-6-8-10/h9-10H,3-8H2,1-2H3. The van der Waals surface area contributed by atoms with E-state index in [1.54, 1.807) is 0 Å². The molecule has 0 heterocycles. The summed E-state index contributed by atoms with van der Waals surface area (Å²) in [7, 11) is 0. The van der Waals surface area contributed by atoms with Gasteiger partial charge in [0.05, 0.1) is 0 Å². The summed E-state index contributed by atoms with van der Waals surface area (Å²) in [6, 6.07) is 1.11. The van der Waals surface area contributed by atoms with Crippen LogP contribution in [0.2, 0.25) is 0 Å². The number of hydrogen-bond donors (Lipinski definition) is 0. The van der Waals surface area contributed by atoms with E-state index in [1.165, 1.54) is 32.1 Å². The Hall–Kier alpha value is 0.605. The quantitative estimate of drug-likeness (QED) is 0.669. The maximum Gasteiger partial charge on any atom is 0.435 e. The van der Waals surface area contributed by atoms with E-state index in [9.17, 15) is 0 Å². The molecule has 0 N–H and O–H groups in total. The molecule has 0 radical (unpaired) electrons. The van der Waals surface area contributed by atoms with Crippen molar-refractivity contribution in [2.75, 3.05) is 0 Å². The molecule has 0 amide bonds. The van der Waals surface area contributed by atoms with Crippen molar-refractivity contribution in [3.05, 3.63) is 0 Å². The van der Waals surface area contributed by atoms with E-state index in [-0.39, 0.29) is 5.68 Å². The van der Waals surface area contributed by atoms with Gasteiger partial charge in [-0.1, -0.05) is 33.1 Å². The number of hydrogen-bond acceptors (Lipinski definition) is 1. The minimum absolute atomic E-state index is 0.340. The van der Waals surface area contributed by atoms with Crippen molar-refractivity contribution in [3.63, 3.8) is 0 Å². The van der Waals surface area contributed by atoms with Crippen LogP contribution in [0.4, 0.5) is 0 Å². The summed E-state index contributed by atoms with van der Waals surface area (Å²) in [4.78, 5) is 2.28. The summed E-state index contributed by atoms with van der Waals surface area (Å²) in [6.07, 6.45) is 7.68. The van der Waals surface area contributed by atoms with Gasteiger partial charge in [-0.2, -0.15) is 0 Å². The fourth-order valence-electron chi connectivity index (χ4n) is 2.30. The zero-order valence-electron chi connectivity index (χ0n) is 9.18. The van der Waals surface area contributed by atoms with Gasteiger partial charge >= 0.3 is 5.68 Å². The molecule has 1 atom stereocenters. The van der Waals surface area contributed by atoms with Crippen molar-refractivity contribution < 1.29 is 0 Å². The summed E-state index contributed by atoms with van der Waals surface area (Å²) in [6.45, 7) is 4.41. The Kier molecular flexibility index (Phi) is 5.65. The molecule has 1 rings (SSSR count). The molecule has 0 saturated heterocycles. The molecule has 1 aliphatic rings. The molecule has 1 unspecified atom stereocenters. The third kappa shape index (κ3) is 3.32. The van der Waals surface area contributed by atoms with Crippen molar-refractivity contribution in [1.29, 1.82) is 0 Å². The second kappa shape index (κ2) is 6.24. The molecule has 14 heavy (non-hydrogen) atoms. The summed E-state index contributed by atoms with van der Waals surface area (Å²) in [5.41, 5.74) is -0.340. The Morgan fingerprint density at radius 2 is 1.86 bits per heavy atom. The highest BCUT2D eigenvalue weighted by atomic mass is 35.5. The minimum atomic E-state index is -0.340. The zero-order chi connectivity index (χ0) is 10.6. The molecule has 0 aliphatic heterocycles. The van der Waals surface area contributed by atoms with Gasteiger partial charge in [-0.3, -0.25) is 0 Å². The summed E-state index contributed by atoms with van der Waals surface area (Å²) >= 11 is 12.1. The van der Waals surface area contributed by atoms with Crippen LogP contribution in [0.5, 0.6) is 0 Å². The Morgan fingerprint density at radius 3 is 2.29 bits per heavy atom. The fourth-order valence-corrected chi connectivity index (χ4v) is 3.01. The molecule has 0 bridgehead atoms. The van der Waals surface area contributed by atoms with Crippen LogP contribution in [0.25, 0.3) is 0 Å². The van der Waals surface area contributed by atoms with E-state index in [2.05, 4.69) is 18.7 Å². The molecule has 1 fully saturated rings. The Morgan fingerprint density at radius 1 is 1.29 bits per heavy atom. The van der Waals surface area contributed by atoms with Crippen molar-refractivity contribution in [2.45, 2.75) is 64.5 Å². The first-order chi connectivity index (χ1) is 6.66. The second-order valence-electron chi connectivity index (χ2n) is 4.27. The van der Waals surface area contributed by atoms with E-state index in [0.717, 1.165) is 6.42 Å². The summed E-state index contributed by atoms with van der Waals surface area (Å²) < 4.78 is 0. The maximum absolute atomic E-state index is 6.04. The SMILES string of the molecule is CCC(C)N(B(Cl)Cl)C1CCCCC1. The van der Waals surface area contributed by atoms with Crippen LogP contribution in [0.1, 0.15) is 52.4 Å². The topological polar surface area (TPSA) is 3.24 Å².